The summed E-state index contributed by atoms with van der Waals surface area (Å²) in [4.78, 5) is -0.0146. The lowest BCUT2D eigenvalue weighted by molar-refractivity contribution is 0.536. The molecule has 7 nitrogen and oxygen atoms in total. The molecule has 0 amide bonds. The normalized spacial score (nSPS) is 14.3. The van der Waals surface area contributed by atoms with Crippen molar-refractivity contribution >= 4 is 20.2 Å². The van der Waals surface area contributed by atoms with Crippen LogP contribution in [-0.2, 0) is 20.2 Å². The molecule has 1 atom stereocenters. The van der Waals surface area contributed by atoms with Gasteiger partial charge in [0.15, 0.2) is 0 Å². The number of nitrogens with one attached hydrogen (secondary N) is 2. The molecule has 1 unspecified atom stereocenters. The van der Waals surface area contributed by atoms with Crippen molar-refractivity contribution in [3.8, 4) is 0 Å². The number of hydrogen-bond donors (Lipinski definition) is 3. The third kappa shape index (κ3) is 6.10. The van der Waals surface area contributed by atoms with Crippen LogP contribution in [0.25, 0.3) is 0 Å². The van der Waals surface area contributed by atoms with Crippen molar-refractivity contribution in [2.75, 3.05) is 6.54 Å². The van der Waals surface area contributed by atoms with Gasteiger partial charge in [-0.05, 0) is 30.5 Å². The van der Waals surface area contributed by atoms with Gasteiger partial charge in [0.25, 0.3) is 10.2 Å². The Morgan fingerprint density at radius 1 is 1.05 bits per heavy atom. The highest BCUT2D eigenvalue weighted by Gasteiger charge is 2.16. The van der Waals surface area contributed by atoms with Crippen LogP contribution in [0.3, 0.4) is 0 Å². The lowest BCUT2D eigenvalue weighted by Crippen LogP contribution is -2.39. The molecule has 0 bridgehead atoms. The van der Waals surface area contributed by atoms with Crippen LogP contribution < -0.4 is 14.6 Å². The Hall–Kier alpha value is -1.00. The van der Waals surface area contributed by atoms with E-state index in [0.29, 0.717) is 12.1 Å². The topological polar surface area (TPSA) is 118 Å². The molecule has 1 rings (SSSR count). The fourth-order valence-electron chi connectivity index (χ4n) is 1.56. The third-order valence-corrected chi connectivity index (χ3v) is 4.86. The van der Waals surface area contributed by atoms with E-state index in [-0.39, 0.29) is 10.8 Å². The monoisotopic (exact) mass is 335 g/mol. The minimum atomic E-state index is -3.75. The smallest absolute Gasteiger partial charge is 0.225 e. The zero-order valence-electron chi connectivity index (χ0n) is 12.2. The lowest BCUT2D eigenvalue weighted by Gasteiger charge is -2.16. The summed E-state index contributed by atoms with van der Waals surface area (Å²) < 4.78 is 50.8. The zero-order chi connectivity index (χ0) is 16.3. The quantitative estimate of drug-likeness (QED) is 0.671. The SMILES string of the molecule is CC(C)CNS(=O)(=O)NC(C)c1ccc(S(N)(=O)=O)cc1. The first-order valence-corrected chi connectivity index (χ1v) is 9.44. The molecule has 9 heteroatoms. The molecule has 0 aliphatic heterocycles. The Balaban J connectivity index is 2.78. The summed E-state index contributed by atoms with van der Waals surface area (Å²) in [7, 11) is -7.36. The summed E-state index contributed by atoms with van der Waals surface area (Å²) in [6.07, 6.45) is 0. The molecule has 0 aliphatic rings. The van der Waals surface area contributed by atoms with E-state index in [2.05, 4.69) is 9.44 Å². The van der Waals surface area contributed by atoms with Gasteiger partial charge in [-0.15, -0.1) is 0 Å². The van der Waals surface area contributed by atoms with E-state index in [0.717, 1.165) is 0 Å². The fraction of sp³-hybridized carbons (Fsp3) is 0.500. The van der Waals surface area contributed by atoms with Crippen molar-refractivity contribution in [2.45, 2.75) is 31.7 Å². The largest absolute Gasteiger partial charge is 0.277 e. The van der Waals surface area contributed by atoms with Gasteiger partial charge in [0.05, 0.1) is 4.90 Å². The summed E-state index contributed by atoms with van der Waals surface area (Å²) in [5.74, 6) is 0.200. The minimum Gasteiger partial charge on any atom is -0.225 e. The molecule has 1 aromatic carbocycles. The molecule has 0 fully saturated rings. The number of rotatable bonds is 7. The van der Waals surface area contributed by atoms with E-state index in [9.17, 15) is 16.8 Å². The van der Waals surface area contributed by atoms with E-state index in [1.807, 2.05) is 13.8 Å². The van der Waals surface area contributed by atoms with Crippen molar-refractivity contribution in [1.29, 1.82) is 0 Å². The maximum absolute atomic E-state index is 11.8. The second kappa shape index (κ2) is 6.84. The first kappa shape index (κ1) is 18.1. The Bertz CT molecular complexity index is 667. The summed E-state index contributed by atoms with van der Waals surface area (Å²) >= 11 is 0. The van der Waals surface area contributed by atoms with Gasteiger partial charge < -0.3 is 0 Å². The average molecular weight is 335 g/mol. The van der Waals surface area contributed by atoms with Crippen LogP contribution >= 0.6 is 0 Å². The zero-order valence-corrected chi connectivity index (χ0v) is 13.8. The van der Waals surface area contributed by atoms with Gasteiger partial charge in [-0.1, -0.05) is 26.0 Å². The standard InChI is InChI=1S/C12H21N3O4S2/c1-9(2)8-14-21(18,19)15-10(3)11-4-6-12(7-5-11)20(13,16)17/h4-7,9-10,14-15H,8H2,1-3H3,(H2,13,16,17). The van der Waals surface area contributed by atoms with Crippen molar-refractivity contribution in [3.05, 3.63) is 29.8 Å². The summed E-state index contributed by atoms with van der Waals surface area (Å²) in [5, 5.41) is 5.00. The van der Waals surface area contributed by atoms with Crippen LogP contribution in [0.15, 0.2) is 29.2 Å². The van der Waals surface area contributed by atoms with Crippen molar-refractivity contribution < 1.29 is 16.8 Å². The molecule has 0 saturated heterocycles. The predicted molar refractivity (Wildman–Crippen MR) is 81.1 cm³/mol. The molecule has 21 heavy (non-hydrogen) atoms. The molecular formula is C12H21N3O4S2. The van der Waals surface area contributed by atoms with Crippen LogP contribution in [0.1, 0.15) is 32.4 Å². The van der Waals surface area contributed by atoms with Gasteiger partial charge in [-0.25, -0.2) is 18.3 Å². The van der Waals surface area contributed by atoms with Crippen molar-refractivity contribution in [1.82, 2.24) is 9.44 Å². The second-order valence-corrected chi connectivity index (χ2v) is 8.29. The summed E-state index contributed by atoms with van der Waals surface area (Å²) in [5.41, 5.74) is 0.636. The van der Waals surface area contributed by atoms with E-state index >= 15 is 0 Å². The molecule has 4 N–H and O–H groups in total. The Morgan fingerprint density at radius 2 is 1.57 bits per heavy atom. The van der Waals surface area contributed by atoms with Gasteiger partial charge in [-0.2, -0.15) is 13.1 Å². The molecule has 0 radical (unpaired) electrons. The molecule has 1 aromatic rings. The van der Waals surface area contributed by atoms with Gasteiger partial charge in [0.1, 0.15) is 0 Å². The second-order valence-electron chi connectivity index (χ2n) is 5.20. The van der Waals surface area contributed by atoms with E-state index < -0.39 is 26.3 Å². The van der Waals surface area contributed by atoms with Crippen LogP contribution in [0.4, 0.5) is 0 Å². The third-order valence-electron chi connectivity index (χ3n) is 2.72. The van der Waals surface area contributed by atoms with Gasteiger partial charge in [0.2, 0.25) is 10.0 Å². The molecule has 120 valence electrons. The molecule has 0 aliphatic carbocycles. The molecule has 0 saturated carbocycles. The van der Waals surface area contributed by atoms with Crippen molar-refractivity contribution in [2.24, 2.45) is 11.1 Å². The van der Waals surface area contributed by atoms with E-state index in [1.54, 1.807) is 6.92 Å². The number of nitrogens with two attached hydrogens (primary N) is 1. The molecular weight excluding hydrogens is 314 g/mol. The number of sulfonamides is 1. The lowest BCUT2D eigenvalue weighted by atomic mass is 10.1. The Labute approximate surface area is 126 Å². The van der Waals surface area contributed by atoms with Crippen LogP contribution in [-0.4, -0.2) is 23.4 Å². The maximum Gasteiger partial charge on any atom is 0.277 e. The molecule has 0 aromatic heterocycles. The first-order chi connectivity index (χ1) is 9.51. The highest BCUT2D eigenvalue weighted by molar-refractivity contribution is 7.89. The van der Waals surface area contributed by atoms with E-state index in [4.69, 9.17) is 5.14 Å². The number of benzene rings is 1. The molecule has 0 heterocycles. The summed E-state index contributed by atoms with van der Waals surface area (Å²) in [6.45, 7) is 5.81. The van der Waals surface area contributed by atoms with Gasteiger partial charge >= 0.3 is 0 Å². The van der Waals surface area contributed by atoms with Crippen LogP contribution in [0, 0.1) is 5.92 Å². The Kier molecular flexibility index (Phi) is 5.88. The Morgan fingerprint density at radius 3 is 2.00 bits per heavy atom. The van der Waals surface area contributed by atoms with Crippen molar-refractivity contribution in [3.63, 3.8) is 0 Å². The minimum absolute atomic E-state index is 0.0146. The first-order valence-electron chi connectivity index (χ1n) is 6.41. The molecule has 0 spiro atoms. The maximum atomic E-state index is 11.8. The summed E-state index contributed by atoms with van der Waals surface area (Å²) in [6, 6.07) is 5.24. The van der Waals surface area contributed by atoms with Gasteiger partial charge in [-0.3, -0.25) is 0 Å². The van der Waals surface area contributed by atoms with Gasteiger partial charge in [0, 0.05) is 12.6 Å². The fourth-order valence-corrected chi connectivity index (χ4v) is 3.32. The highest BCUT2D eigenvalue weighted by Crippen LogP contribution is 2.16. The number of hydrogen-bond acceptors (Lipinski definition) is 4. The predicted octanol–water partition coefficient (Wildman–Crippen LogP) is 0.475. The van der Waals surface area contributed by atoms with E-state index in [1.165, 1.54) is 24.3 Å². The van der Waals surface area contributed by atoms with Crippen LogP contribution in [0.2, 0.25) is 0 Å². The average Bonchev–Trinajstić information content (AvgIpc) is 2.35. The van der Waals surface area contributed by atoms with Crippen LogP contribution in [0.5, 0.6) is 0 Å². The number of primary sulfonamides is 1. The highest BCUT2D eigenvalue weighted by atomic mass is 32.2.